The van der Waals surface area contributed by atoms with Gasteiger partial charge in [-0.15, -0.1) is 0 Å². The number of halogens is 2. The Morgan fingerprint density at radius 2 is 1.29 bits per heavy atom. The van der Waals surface area contributed by atoms with Crippen LogP contribution in [0.3, 0.4) is 0 Å². The highest BCUT2D eigenvalue weighted by Crippen LogP contribution is 2.43. The second-order valence-electron chi connectivity index (χ2n) is 10.3. The molecule has 0 atom stereocenters. The van der Waals surface area contributed by atoms with E-state index in [2.05, 4.69) is 6.92 Å². The molecule has 0 aliphatic heterocycles. The molecule has 1 nitrogen and oxygen atoms in total. The van der Waals surface area contributed by atoms with Crippen molar-refractivity contribution in [1.29, 1.82) is 5.26 Å². The molecule has 2 fully saturated rings. The van der Waals surface area contributed by atoms with Gasteiger partial charge in [0, 0.05) is 0 Å². The Morgan fingerprint density at radius 1 is 0.774 bits per heavy atom. The highest BCUT2D eigenvalue weighted by molar-refractivity contribution is 5.35. The number of hydrogen-bond donors (Lipinski definition) is 0. The largest absolute Gasteiger partial charge is 0.205 e. The molecule has 0 heterocycles. The number of aryl methyl sites for hydroxylation is 1. The van der Waals surface area contributed by atoms with Crippen molar-refractivity contribution in [3.63, 3.8) is 0 Å². The van der Waals surface area contributed by atoms with Crippen molar-refractivity contribution in [2.45, 2.75) is 110 Å². The molecule has 2 saturated carbocycles. The predicted octanol–water partition coefficient (Wildman–Crippen LogP) is 8.74. The lowest BCUT2D eigenvalue weighted by Crippen LogP contribution is -2.26. The maximum Gasteiger partial charge on any atom is 0.144 e. The summed E-state index contributed by atoms with van der Waals surface area (Å²) >= 11 is 0. The molecule has 0 unspecified atom stereocenters. The van der Waals surface area contributed by atoms with Crippen LogP contribution in [0.1, 0.15) is 114 Å². The maximum absolute atomic E-state index is 13.8. The first kappa shape index (κ1) is 24.2. The van der Waals surface area contributed by atoms with Gasteiger partial charge in [-0.1, -0.05) is 71.1 Å². The lowest BCUT2D eigenvalue weighted by molar-refractivity contribution is 0.140. The summed E-state index contributed by atoms with van der Waals surface area (Å²) in [5, 5.41) is 8.81. The van der Waals surface area contributed by atoms with Crippen LogP contribution in [-0.2, 0) is 6.42 Å². The Labute approximate surface area is 188 Å². The van der Waals surface area contributed by atoms with Crippen LogP contribution in [0.4, 0.5) is 8.78 Å². The fourth-order valence-electron chi connectivity index (χ4n) is 6.18. The maximum atomic E-state index is 13.8. The lowest BCUT2D eigenvalue weighted by Gasteiger charge is -2.38. The number of rotatable bonds is 10. The summed E-state index contributed by atoms with van der Waals surface area (Å²) in [7, 11) is 0. The van der Waals surface area contributed by atoms with Crippen LogP contribution >= 0.6 is 0 Å². The van der Waals surface area contributed by atoms with Crippen molar-refractivity contribution in [2.24, 2.45) is 23.7 Å². The van der Waals surface area contributed by atoms with Gasteiger partial charge in [0.1, 0.15) is 23.3 Å². The van der Waals surface area contributed by atoms with E-state index in [-0.39, 0.29) is 0 Å². The zero-order valence-electron chi connectivity index (χ0n) is 19.5. The molecular weight excluding hydrogens is 388 g/mol. The van der Waals surface area contributed by atoms with E-state index in [4.69, 9.17) is 5.26 Å². The molecule has 0 bridgehead atoms. The number of nitrogens with zero attached hydrogens (tertiary/aromatic N) is 1. The molecule has 2 aliphatic rings. The molecule has 1 aromatic carbocycles. The summed E-state index contributed by atoms with van der Waals surface area (Å²) in [5.41, 5.74) is 0.222. The molecule has 0 spiro atoms. The highest BCUT2D eigenvalue weighted by atomic mass is 19.1. The Morgan fingerprint density at radius 3 is 1.81 bits per heavy atom. The van der Waals surface area contributed by atoms with Crippen LogP contribution in [-0.4, -0.2) is 0 Å². The van der Waals surface area contributed by atoms with Gasteiger partial charge in [0.25, 0.3) is 0 Å². The van der Waals surface area contributed by atoms with Gasteiger partial charge in [-0.2, -0.15) is 5.26 Å². The van der Waals surface area contributed by atoms with Gasteiger partial charge >= 0.3 is 0 Å². The Hall–Kier alpha value is -1.43. The van der Waals surface area contributed by atoms with E-state index in [0.717, 1.165) is 24.2 Å². The lowest BCUT2D eigenvalue weighted by atomic mass is 9.68. The van der Waals surface area contributed by atoms with Crippen LogP contribution in [0.15, 0.2) is 12.1 Å². The van der Waals surface area contributed by atoms with Gasteiger partial charge in [-0.25, -0.2) is 8.78 Å². The van der Waals surface area contributed by atoms with E-state index in [0.29, 0.717) is 17.9 Å². The predicted molar refractivity (Wildman–Crippen MR) is 124 cm³/mol. The van der Waals surface area contributed by atoms with E-state index >= 15 is 0 Å². The van der Waals surface area contributed by atoms with Crippen molar-refractivity contribution < 1.29 is 8.78 Å². The molecular formula is C28H41F2N. The average Bonchev–Trinajstić information content (AvgIpc) is 2.78. The molecule has 3 rings (SSSR count). The van der Waals surface area contributed by atoms with Crippen LogP contribution < -0.4 is 0 Å². The van der Waals surface area contributed by atoms with Gasteiger partial charge in [0.2, 0.25) is 0 Å². The third-order valence-electron chi connectivity index (χ3n) is 8.22. The quantitative estimate of drug-likeness (QED) is 0.341. The summed E-state index contributed by atoms with van der Waals surface area (Å²) < 4.78 is 27.6. The molecule has 172 valence electrons. The first-order chi connectivity index (χ1) is 15.1. The molecule has 1 aromatic rings. The Bertz CT molecular complexity index is 683. The van der Waals surface area contributed by atoms with E-state index in [9.17, 15) is 8.78 Å². The monoisotopic (exact) mass is 429 g/mol. The summed E-state index contributed by atoms with van der Waals surface area (Å²) in [6.45, 7) is 2.28. The number of nitriles is 1. The summed E-state index contributed by atoms with van der Waals surface area (Å²) in [6.07, 6.45) is 21.2. The standard InChI is InChI=1S/C28H41F2N/c1-2-3-4-5-6-7-21-10-14-24(15-11-21)25-16-12-22(13-17-25)8-9-23-18-27(29)26(20-31)28(30)19-23/h18-19,21-22,24-25H,2-17H2,1H3/t21-,22-,24-,25-. The van der Waals surface area contributed by atoms with Gasteiger partial charge in [0.05, 0.1) is 0 Å². The zero-order valence-corrected chi connectivity index (χ0v) is 19.5. The minimum absolute atomic E-state index is 0.463. The third kappa shape index (κ3) is 7.30. The topological polar surface area (TPSA) is 23.8 Å². The molecule has 0 radical (unpaired) electrons. The van der Waals surface area contributed by atoms with Gasteiger partial charge in [-0.3, -0.25) is 0 Å². The summed E-state index contributed by atoms with van der Waals surface area (Å²) in [4.78, 5) is 0. The summed E-state index contributed by atoms with van der Waals surface area (Å²) in [6, 6.07) is 4.29. The van der Waals surface area contributed by atoms with E-state index < -0.39 is 17.2 Å². The van der Waals surface area contributed by atoms with Crippen LogP contribution in [0.5, 0.6) is 0 Å². The smallest absolute Gasteiger partial charge is 0.144 e. The molecule has 0 aromatic heterocycles. The Kier molecular flexibility index (Phi) is 9.82. The van der Waals surface area contributed by atoms with Gasteiger partial charge < -0.3 is 0 Å². The van der Waals surface area contributed by atoms with Crippen molar-refractivity contribution in [3.05, 3.63) is 34.9 Å². The van der Waals surface area contributed by atoms with Crippen LogP contribution in [0.25, 0.3) is 0 Å². The third-order valence-corrected chi connectivity index (χ3v) is 8.22. The minimum Gasteiger partial charge on any atom is -0.205 e. The fourth-order valence-corrected chi connectivity index (χ4v) is 6.18. The van der Waals surface area contributed by atoms with Crippen molar-refractivity contribution in [1.82, 2.24) is 0 Å². The number of benzene rings is 1. The SMILES string of the molecule is CCCCCCC[C@H]1CC[C@H]([C@H]2CC[C@H](CCc3cc(F)c(C#N)c(F)c3)CC2)CC1. The number of unbranched alkanes of at least 4 members (excludes halogenated alkanes) is 4. The van der Waals surface area contributed by atoms with Crippen molar-refractivity contribution in [2.75, 3.05) is 0 Å². The zero-order chi connectivity index (χ0) is 22.1. The molecule has 0 N–H and O–H groups in total. The minimum atomic E-state index is -0.724. The summed E-state index contributed by atoms with van der Waals surface area (Å²) in [5.74, 6) is 2.07. The Balaban J connectivity index is 1.33. The molecule has 2 aliphatic carbocycles. The highest BCUT2D eigenvalue weighted by Gasteiger charge is 2.30. The first-order valence-corrected chi connectivity index (χ1v) is 13.0. The van der Waals surface area contributed by atoms with Crippen molar-refractivity contribution >= 4 is 0 Å². The second-order valence-corrected chi connectivity index (χ2v) is 10.3. The van der Waals surface area contributed by atoms with Crippen LogP contribution in [0.2, 0.25) is 0 Å². The van der Waals surface area contributed by atoms with Gasteiger partial charge in [0.15, 0.2) is 0 Å². The molecule has 0 saturated heterocycles. The van der Waals surface area contributed by atoms with E-state index in [1.54, 1.807) is 6.07 Å². The first-order valence-electron chi connectivity index (χ1n) is 13.0. The number of hydrogen-bond acceptors (Lipinski definition) is 1. The van der Waals surface area contributed by atoms with E-state index in [1.807, 2.05) is 0 Å². The van der Waals surface area contributed by atoms with E-state index in [1.165, 1.54) is 102 Å². The normalized spacial score (nSPS) is 26.5. The fraction of sp³-hybridized carbons (Fsp3) is 0.750. The second kappa shape index (κ2) is 12.6. The molecule has 31 heavy (non-hydrogen) atoms. The molecule has 0 amide bonds. The van der Waals surface area contributed by atoms with Crippen molar-refractivity contribution in [3.8, 4) is 6.07 Å². The van der Waals surface area contributed by atoms with Gasteiger partial charge in [-0.05, 0) is 79.9 Å². The van der Waals surface area contributed by atoms with Crippen LogP contribution in [0, 0.1) is 46.6 Å². The molecule has 3 heteroatoms. The average molecular weight is 430 g/mol.